The summed E-state index contributed by atoms with van der Waals surface area (Å²) in [7, 11) is 1.87. The lowest BCUT2D eigenvalue weighted by atomic mass is 10.0. The number of amides is 1. The number of para-hydroxylation sites is 1. The molecule has 0 aliphatic carbocycles. The third-order valence-electron chi connectivity index (χ3n) is 5.40. The summed E-state index contributed by atoms with van der Waals surface area (Å²) in [5.74, 6) is 0.659. The zero-order chi connectivity index (χ0) is 20.5. The molecular formula is C25H21N3OS. The molecule has 0 saturated carbocycles. The highest BCUT2D eigenvalue weighted by Crippen LogP contribution is 2.42. The van der Waals surface area contributed by atoms with Crippen molar-refractivity contribution in [3.05, 3.63) is 96.7 Å². The Kier molecular flexibility index (Phi) is 4.89. The Balaban J connectivity index is 1.58. The van der Waals surface area contributed by atoms with E-state index in [1.165, 1.54) is 11.1 Å². The van der Waals surface area contributed by atoms with Gasteiger partial charge in [0.15, 0.2) is 0 Å². The number of carbonyl (C=O) groups is 1. The maximum absolute atomic E-state index is 12.2. The molecular weight excluding hydrogens is 390 g/mol. The van der Waals surface area contributed by atoms with Gasteiger partial charge < -0.3 is 4.90 Å². The fourth-order valence-electron chi connectivity index (χ4n) is 3.75. The van der Waals surface area contributed by atoms with E-state index in [1.54, 1.807) is 11.8 Å². The number of hydrogen-bond acceptors (Lipinski definition) is 3. The Bertz CT molecular complexity index is 1170. The van der Waals surface area contributed by atoms with Crippen LogP contribution in [0.25, 0.3) is 28.1 Å². The molecule has 30 heavy (non-hydrogen) atoms. The van der Waals surface area contributed by atoms with Gasteiger partial charge in [0.2, 0.25) is 5.91 Å². The van der Waals surface area contributed by atoms with E-state index >= 15 is 0 Å². The van der Waals surface area contributed by atoms with Crippen LogP contribution < -0.4 is 0 Å². The zero-order valence-electron chi connectivity index (χ0n) is 16.6. The Morgan fingerprint density at radius 1 is 0.833 bits per heavy atom. The third-order valence-corrected chi connectivity index (χ3v) is 6.70. The number of rotatable bonds is 4. The average Bonchev–Trinajstić information content (AvgIpc) is 3.39. The monoisotopic (exact) mass is 411 g/mol. The van der Waals surface area contributed by atoms with Crippen molar-refractivity contribution >= 4 is 17.7 Å². The van der Waals surface area contributed by atoms with Gasteiger partial charge in [0.25, 0.3) is 0 Å². The van der Waals surface area contributed by atoms with Crippen molar-refractivity contribution in [3.8, 4) is 28.1 Å². The van der Waals surface area contributed by atoms with Crippen LogP contribution in [0.5, 0.6) is 0 Å². The first kappa shape index (κ1) is 18.7. The van der Waals surface area contributed by atoms with Gasteiger partial charge in [-0.15, -0.1) is 11.8 Å². The minimum absolute atomic E-state index is 0.0289. The molecule has 148 valence electrons. The van der Waals surface area contributed by atoms with E-state index < -0.39 is 0 Å². The van der Waals surface area contributed by atoms with E-state index in [-0.39, 0.29) is 11.3 Å². The van der Waals surface area contributed by atoms with E-state index in [1.807, 2.05) is 65.2 Å². The molecule has 1 atom stereocenters. The van der Waals surface area contributed by atoms with Gasteiger partial charge in [-0.1, -0.05) is 72.8 Å². The zero-order valence-corrected chi connectivity index (χ0v) is 17.4. The van der Waals surface area contributed by atoms with Crippen molar-refractivity contribution in [2.45, 2.75) is 5.37 Å². The molecule has 1 amide bonds. The first-order valence-corrected chi connectivity index (χ1v) is 10.9. The SMILES string of the molecule is CN1C(=O)CS[C@H]1c1cn(-c2ccccc2)nc1-c1ccc(-c2ccccc2)cc1. The topological polar surface area (TPSA) is 38.1 Å². The molecule has 0 bridgehead atoms. The standard InChI is InChI=1S/C25H21N3OS/c1-27-23(29)17-30-25(27)22-16-28(21-10-6-3-7-11-21)26-24(22)20-14-12-19(13-15-20)18-8-4-2-5-9-18/h2-16,25H,17H2,1H3/t25-/m0/s1. The quantitative estimate of drug-likeness (QED) is 0.451. The van der Waals surface area contributed by atoms with E-state index in [0.29, 0.717) is 5.75 Å². The Morgan fingerprint density at radius 3 is 2.07 bits per heavy atom. The number of aromatic nitrogens is 2. The van der Waals surface area contributed by atoms with Crippen LogP contribution in [0.15, 0.2) is 91.1 Å². The molecule has 1 aromatic heterocycles. The van der Waals surface area contributed by atoms with Crippen LogP contribution in [-0.2, 0) is 4.79 Å². The van der Waals surface area contributed by atoms with Crippen LogP contribution >= 0.6 is 11.8 Å². The minimum atomic E-state index is -0.0289. The van der Waals surface area contributed by atoms with Crippen LogP contribution in [0.1, 0.15) is 10.9 Å². The minimum Gasteiger partial charge on any atom is -0.329 e. The average molecular weight is 412 g/mol. The molecule has 0 unspecified atom stereocenters. The molecule has 5 heteroatoms. The van der Waals surface area contributed by atoms with Gasteiger partial charge in [-0.25, -0.2) is 4.68 Å². The number of hydrogen-bond donors (Lipinski definition) is 0. The number of thioether (sulfide) groups is 1. The molecule has 2 heterocycles. The smallest absolute Gasteiger partial charge is 0.233 e. The van der Waals surface area contributed by atoms with Crippen LogP contribution in [0.2, 0.25) is 0 Å². The normalized spacial score (nSPS) is 16.2. The van der Waals surface area contributed by atoms with Gasteiger partial charge in [0, 0.05) is 24.4 Å². The second-order valence-corrected chi connectivity index (χ2v) is 8.39. The Hall–Kier alpha value is -3.31. The Labute approximate surface area is 180 Å². The van der Waals surface area contributed by atoms with Crippen molar-refractivity contribution in [1.29, 1.82) is 0 Å². The highest BCUT2D eigenvalue weighted by molar-refractivity contribution is 8.00. The summed E-state index contributed by atoms with van der Waals surface area (Å²) in [6.45, 7) is 0. The molecule has 0 spiro atoms. The molecule has 0 radical (unpaired) electrons. The second kappa shape index (κ2) is 7.84. The van der Waals surface area contributed by atoms with Gasteiger partial charge in [0.05, 0.1) is 17.1 Å². The van der Waals surface area contributed by atoms with Gasteiger partial charge in [0.1, 0.15) is 5.37 Å². The molecule has 4 nitrogen and oxygen atoms in total. The Morgan fingerprint density at radius 2 is 1.43 bits per heavy atom. The van der Waals surface area contributed by atoms with Crippen LogP contribution in [0.3, 0.4) is 0 Å². The lowest BCUT2D eigenvalue weighted by Gasteiger charge is -2.18. The first-order chi connectivity index (χ1) is 14.7. The van der Waals surface area contributed by atoms with Crippen LogP contribution in [0, 0.1) is 0 Å². The molecule has 4 aromatic rings. The molecule has 1 fully saturated rings. The van der Waals surface area contributed by atoms with Gasteiger partial charge in [-0.3, -0.25) is 4.79 Å². The van der Waals surface area contributed by atoms with Crippen molar-refractivity contribution in [3.63, 3.8) is 0 Å². The molecule has 1 aliphatic heterocycles. The van der Waals surface area contributed by atoms with Crippen LogP contribution in [-0.4, -0.2) is 33.4 Å². The third kappa shape index (κ3) is 3.42. The molecule has 3 aromatic carbocycles. The molecule has 1 aliphatic rings. The van der Waals surface area contributed by atoms with Crippen LogP contribution in [0.4, 0.5) is 0 Å². The number of carbonyl (C=O) groups excluding carboxylic acids is 1. The second-order valence-electron chi connectivity index (χ2n) is 7.32. The molecule has 1 saturated heterocycles. The number of nitrogens with zero attached hydrogens (tertiary/aromatic N) is 3. The first-order valence-electron chi connectivity index (χ1n) is 9.89. The lowest BCUT2D eigenvalue weighted by molar-refractivity contribution is -0.126. The van der Waals surface area contributed by atoms with Gasteiger partial charge in [-0.2, -0.15) is 5.10 Å². The maximum Gasteiger partial charge on any atom is 0.233 e. The predicted octanol–water partition coefficient (Wildman–Crippen LogP) is 5.41. The van der Waals surface area contributed by atoms with Crippen molar-refractivity contribution in [2.24, 2.45) is 0 Å². The molecule has 0 N–H and O–H groups in total. The maximum atomic E-state index is 12.2. The summed E-state index contributed by atoms with van der Waals surface area (Å²) in [6.07, 6.45) is 2.06. The van der Waals surface area contributed by atoms with Crippen molar-refractivity contribution in [2.75, 3.05) is 12.8 Å². The summed E-state index contributed by atoms with van der Waals surface area (Å²) in [4.78, 5) is 14.0. The van der Waals surface area contributed by atoms with E-state index in [9.17, 15) is 4.79 Å². The largest absolute Gasteiger partial charge is 0.329 e. The van der Waals surface area contributed by atoms with E-state index in [0.717, 1.165) is 22.5 Å². The van der Waals surface area contributed by atoms with Gasteiger partial charge in [-0.05, 0) is 23.3 Å². The lowest BCUT2D eigenvalue weighted by Crippen LogP contribution is -2.23. The van der Waals surface area contributed by atoms with Gasteiger partial charge >= 0.3 is 0 Å². The van der Waals surface area contributed by atoms with Crippen molar-refractivity contribution < 1.29 is 4.79 Å². The summed E-state index contributed by atoms with van der Waals surface area (Å²) < 4.78 is 1.91. The fourth-order valence-corrected chi connectivity index (χ4v) is 4.95. The summed E-state index contributed by atoms with van der Waals surface area (Å²) in [5, 5.41) is 4.89. The summed E-state index contributed by atoms with van der Waals surface area (Å²) >= 11 is 1.65. The van der Waals surface area contributed by atoms with Crippen molar-refractivity contribution in [1.82, 2.24) is 14.7 Å². The van der Waals surface area contributed by atoms with E-state index in [4.69, 9.17) is 5.10 Å². The number of benzene rings is 3. The summed E-state index contributed by atoms with van der Waals surface area (Å²) in [5.41, 5.74) is 6.39. The molecule has 5 rings (SSSR count). The fraction of sp³-hybridized carbons (Fsp3) is 0.120. The highest BCUT2D eigenvalue weighted by Gasteiger charge is 2.33. The predicted molar refractivity (Wildman–Crippen MR) is 122 cm³/mol. The summed E-state index contributed by atoms with van der Waals surface area (Å²) in [6, 6.07) is 28.9. The van der Waals surface area contributed by atoms with E-state index in [2.05, 4.69) is 42.6 Å². The highest BCUT2D eigenvalue weighted by atomic mass is 32.2.